The van der Waals surface area contributed by atoms with Crippen LogP contribution < -0.4 is 9.80 Å². The Bertz CT molecular complexity index is 2150. The van der Waals surface area contributed by atoms with E-state index in [0.29, 0.717) is 0 Å². The molecule has 0 atom stereocenters. The maximum atomic E-state index is 2.53. The van der Waals surface area contributed by atoms with Crippen molar-refractivity contribution in [3.05, 3.63) is 156 Å². The SMILES string of the molecule is Cc1ccc(-c2c3ccc(N4CCCc5ccccc54)cc3c(-c3ccc(C)cc3)c3ccc(N4CCCc5ccccc54)cc23)cc1. The summed E-state index contributed by atoms with van der Waals surface area (Å²) in [7, 11) is 0. The standard InChI is InChI=1S/C46H40N2/c1-31-15-19-35(20-16-31)45-39-25-23-38(48-28-8-12-34-10-4-6-14-44(34)48)30-42(39)46(36-21-17-32(2)18-22-36)40-26-24-37(29-41(40)45)47-27-7-11-33-9-3-5-13-43(33)47/h3-6,9-10,13-26,29-30H,7-8,11-12,27-28H2,1-2H3. The molecule has 2 aliphatic heterocycles. The zero-order chi connectivity index (χ0) is 32.2. The highest BCUT2D eigenvalue weighted by molar-refractivity contribution is 6.22. The average molecular weight is 621 g/mol. The topological polar surface area (TPSA) is 6.48 Å². The van der Waals surface area contributed by atoms with Crippen LogP contribution >= 0.6 is 0 Å². The summed E-state index contributed by atoms with van der Waals surface area (Å²) in [5.74, 6) is 0. The van der Waals surface area contributed by atoms with E-state index in [-0.39, 0.29) is 0 Å². The smallest absolute Gasteiger partial charge is 0.0443 e. The van der Waals surface area contributed by atoms with E-state index >= 15 is 0 Å². The predicted octanol–water partition coefficient (Wildman–Crippen LogP) is 12.1. The lowest BCUT2D eigenvalue weighted by Gasteiger charge is -2.32. The van der Waals surface area contributed by atoms with Gasteiger partial charge in [0.05, 0.1) is 0 Å². The van der Waals surface area contributed by atoms with Gasteiger partial charge in [-0.15, -0.1) is 0 Å². The second-order valence-corrected chi connectivity index (χ2v) is 13.7. The molecule has 7 aromatic rings. The second-order valence-electron chi connectivity index (χ2n) is 13.7. The Hall–Kier alpha value is -5.34. The Kier molecular flexibility index (Phi) is 7.04. The van der Waals surface area contributed by atoms with Gasteiger partial charge >= 0.3 is 0 Å². The van der Waals surface area contributed by atoms with Gasteiger partial charge in [-0.25, -0.2) is 0 Å². The van der Waals surface area contributed by atoms with Gasteiger partial charge in [-0.05, 0) is 131 Å². The van der Waals surface area contributed by atoms with Crippen molar-refractivity contribution in [2.75, 3.05) is 22.9 Å². The Balaban J connectivity index is 1.35. The summed E-state index contributed by atoms with van der Waals surface area (Å²) in [4.78, 5) is 5.06. The van der Waals surface area contributed by atoms with E-state index in [9.17, 15) is 0 Å². The van der Waals surface area contributed by atoms with Crippen LogP contribution in [0.25, 0.3) is 43.8 Å². The van der Waals surface area contributed by atoms with Gasteiger partial charge in [0, 0.05) is 35.8 Å². The fourth-order valence-electron chi connectivity index (χ4n) is 8.21. The van der Waals surface area contributed by atoms with Crippen LogP contribution in [-0.2, 0) is 12.8 Å². The van der Waals surface area contributed by atoms with Crippen LogP contribution in [0.2, 0.25) is 0 Å². The molecule has 0 radical (unpaired) electrons. The van der Waals surface area contributed by atoms with Gasteiger partial charge in [0.25, 0.3) is 0 Å². The monoisotopic (exact) mass is 620 g/mol. The quantitative estimate of drug-likeness (QED) is 0.181. The number of anilines is 4. The van der Waals surface area contributed by atoms with Gasteiger partial charge in [-0.2, -0.15) is 0 Å². The Morgan fingerprint density at radius 1 is 0.417 bits per heavy atom. The zero-order valence-electron chi connectivity index (χ0n) is 27.8. The molecular weight excluding hydrogens is 581 g/mol. The van der Waals surface area contributed by atoms with E-state index in [1.54, 1.807) is 0 Å². The van der Waals surface area contributed by atoms with Gasteiger partial charge in [0.15, 0.2) is 0 Å². The van der Waals surface area contributed by atoms with Crippen LogP contribution in [-0.4, -0.2) is 13.1 Å². The molecular formula is C46H40N2. The second kappa shape index (κ2) is 11.7. The molecule has 0 aliphatic carbocycles. The molecule has 0 aromatic heterocycles. The minimum Gasteiger partial charge on any atom is -0.341 e. The van der Waals surface area contributed by atoms with Crippen molar-refractivity contribution >= 4 is 44.3 Å². The van der Waals surface area contributed by atoms with Crippen molar-refractivity contribution in [3.8, 4) is 22.3 Å². The average Bonchev–Trinajstić information content (AvgIpc) is 3.14. The molecule has 2 heteroatoms. The summed E-state index contributed by atoms with van der Waals surface area (Å²) in [6, 6.07) is 50.6. The summed E-state index contributed by atoms with van der Waals surface area (Å²) in [5.41, 5.74) is 15.8. The first-order chi connectivity index (χ1) is 23.6. The molecule has 0 N–H and O–H groups in total. The molecule has 0 bridgehead atoms. The highest BCUT2D eigenvalue weighted by Gasteiger charge is 2.23. The fourth-order valence-corrected chi connectivity index (χ4v) is 8.21. The first-order valence-electron chi connectivity index (χ1n) is 17.5. The van der Waals surface area contributed by atoms with Crippen molar-refractivity contribution in [3.63, 3.8) is 0 Å². The van der Waals surface area contributed by atoms with E-state index in [4.69, 9.17) is 0 Å². The number of hydrogen-bond acceptors (Lipinski definition) is 2. The van der Waals surface area contributed by atoms with Gasteiger partial charge < -0.3 is 9.80 Å². The third-order valence-corrected chi connectivity index (χ3v) is 10.6. The largest absolute Gasteiger partial charge is 0.341 e. The zero-order valence-corrected chi connectivity index (χ0v) is 27.8. The molecule has 0 spiro atoms. The molecule has 2 nitrogen and oxygen atoms in total. The van der Waals surface area contributed by atoms with Crippen LogP contribution in [0.5, 0.6) is 0 Å². The van der Waals surface area contributed by atoms with Crippen molar-refractivity contribution in [1.82, 2.24) is 0 Å². The van der Waals surface area contributed by atoms with Crippen molar-refractivity contribution in [2.45, 2.75) is 39.5 Å². The normalized spacial score (nSPS) is 14.3. The number of aryl methyl sites for hydroxylation is 4. The summed E-state index contributed by atoms with van der Waals surface area (Å²) in [5, 5.41) is 5.21. The highest BCUT2D eigenvalue weighted by atomic mass is 15.1. The third kappa shape index (κ3) is 4.86. The lowest BCUT2D eigenvalue weighted by molar-refractivity contribution is 0.767. The number of para-hydroxylation sites is 2. The molecule has 0 amide bonds. The van der Waals surface area contributed by atoms with E-state index in [1.807, 2.05) is 0 Å². The summed E-state index contributed by atoms with van der Waals surface area (Å²) in [6.45, 7) is 6.41. The Morgan fingerprint density at radius 2 is 0.833 bits per heavy atom. The lowest BCUT2D eigenvalue weighted by Crippen LogP contribution is -2.24. The van der Waals surface area contributed by atoms with Crippen LogP contribution in [0.3, 0.4) is 0 Å². The van der Waals surface area contributed by atoms with Gasteiger partial charge in [0.2, 0.25) is 0 Å². The van der Waals surface area contributed by atoms with Crippen LogP contribution in [0.15, 0.2) is 133 Å². The number of benzene rings is 7. The molecule has 9 rings (SSSR count). The summed E-state index contributed by atoms with van der Waals surface area (Å²) < 4.78 is 0. The van der Waals surface area contributed by atoms with E-state index in [0.717, 1.165) is 38.8 Å². The fraction of sp³-hybridized carbons (Fsp3) is 0.174. The minimum absolute atomic E-state index is 1.03. The minimum atomic E-state index is 1.03. The summed E-state index contributed by atoms with van der Waals surface area (Å²) >= 11 is 0. The van der Waals surface area contributed by atoms with Gasteiger partial charge in [0.1, 0.15) is 0 Å². The molecule has 7 aromatic carbocycles. The number of hydrogen-bond donors (Lipinski definition) is 0. The Labute approximate surface area is 283 Å². The Morgan fingerprint density at radius 3 is 1.27 bits per heavy atom. The maximum Gasteiger partial charge on any atom is 0.0443 e. The van der Waals surface area contributed by atoms with Gasteiger partial charge in [-0.3, -0.25) is 0 Å². The van der Waals surface area contributed by atoms with Crippen LogP contribution in [0.4, 0.5) is 22.7 Å². The molecule has 0 unspecified atom stereocenters. The number of fused-ring (bicyclic) bond motifs is 4. The predicted molar refractivity (Wildman–Crippen MR) is 205 cm³/mol. The van der Waals surface area contributed by atoms with Gasteiger partial charge in [-0.1, -0.05) is 108 Å². The number of rotatable bonds is 4. The molecule has 2 heterocycles. The van der Waals surface area contributed by atoms with Crippen molar-refractivity contribution in [2.24, 2.45) is 0 Å². The number of nitrogens with zero attached hydrogens (tertiary/aromatic N) is 2. The molecule has 234 valence electrons. The summed E-state index contributed by atoms with van der Waals surface area (Å²) in [6.07, 6.45) is 4.60. The molecule has 0 saturated heterocycles. The molecule has 2 aliphatic rings. The third-order valence-electron chi connectivity index (χ3n) is 10.6. The van der Waals surface area contributed by atoms with Crippen LogP contribution in [0.1, 0.15) is 35.1 Å². The van der Waals surface area contributed by atoms with Crippen molar-refractivity contribution in [1.29, 1.82) is 0 Å². The van der Waals surface area contributed by atoms with E-state index in [1.165, 1.54) is 88.8 Å². The lowest BCUT2D eigenvalue weighted by atomic mass is 9.85. The molecule has 48 heavy (non-hydrogen) atoms. The van der Waals surface area contributed by atoms with Crippen LogP contribution in [0, 0.1) is 13.8 Å². The van der Waals surface area contributed by atoms with Crippen molar-refractivity contribution < 1.29 is 0 Å². The maximum absolute atomic E-state index is 2.53. The first-order valence-corrected chi connectivity index (χ1v) is 17.5. The highest BCUT2D eigenvalue weighted by Crippen LogP contribution is 2.47. The first kappa shape index (κ1) is 28.8. The molecule has 0 fully saturated rings. The molecule has 0 saturated carbocycles. The van der Waals surface area contributed by atoms with E-state index < -0.39 is 0 Å². The van der Waals surface area contributed by atoms with E-state index in [2.05, 4.69) is 157 Å².